The van der Waals surface area contributed by atoms with E-state index in [9.17, 15) is 4.79 Å². The van der Waals surface area contributed by atoms with Gasteiger partial charge in [-0.05, 0) is 36.6 Å². The number of amides is 1. The Morgan fingerprint density at radius 1 is 1.24 bits per heavy atom. The molecule has 1 fully saturated rings. The number of benzene rings is 1. The molecule has 2 heterocycles. The third kappa shape index (κ3) is 2.76. The smallest absolute Gasteiger partial charge is 0.254 e. The average Bonchev–Trinajstić information content (AvgIpc) is 2.97. The summed E-state index contributed by atoms with van der Waals surface area (Å²) in [5, 5.41) is 3.37. The summed E-state index contributed by atoms with van der Waals surface area (Å²) in [5.74, 6) is 0.0602. The Morgan fingerprint density at radius 3 is 2.62 bits per heavy atom. The molecule has 0 radical (unpaired) electrons. The molecule has 0 bridgehead atoms. The van der Waals surface area contributed by atoms with E-state index in [2.05, 4.69) is 5.32 Å². The highest BCUT2D eigenvalue weighted by Gasteiger charge is 2.35. The molecule has 1 aromatic rings. The maximum atomic E-state index is 12.7. The monoisotopic (exact) mass is 290 g/mol. The van der Waals surface area contributed by atoms with Gasteiger partial charge < -0.3 is 19.7 Å². The Balaban J connectivity index is 1.76. The molecule has 1 amide bonds. The van der Waals surface area contributed by atoms with E-state index in [1.807, 2.05) is 23.1 Å². The lowest BCUT2D eigenvalue weighted by atomic mass is 10.0. The first kappa shape index (κ1) is 14.4. The van der Waals surface area contributed by atoms with Gasteiger partial charge in [-0.2, -0.15) is 0 Å². The summed E-state index contributed by atoms with van der Waals surface area (Å²) in [6.07, 6.45) is 2.06. The Kier molecular flexibility index (Phi) is 4.12. The largest absolute Gasteiger partial charge is 0.385 e. The van der Waals surface area contributed by atoms with E-state index in [1.165, 1.54) is 5.56 Å². The zero-order chi connectivity index (χ0) is 14.8. The van der Waals surface area contributed by atoms with Gasteiger partial charge in [0.2, 0.25) is 0 Å². The molecule has 5 heteroatoms. The van der Waals surface area contributed by atoms with Crippen LogP contribution in [0, 0.1) is 0 Å². The number of anilines is 1. The molecule has 5 nitrogen and oxygen atoms in total. The normalized spacial score (nSPS) is 24.6. The van der Waals surface area contributed by atoms with Gasteiger partial charge in [-0.3, -0.25) is 4.79 Å². The van der Waals surface area contributed by atoms with Crippen molar-refractivity contribution in [2.24, 2.45) is 0 Å². The molecule has 2 aliphatic heterocycles. The third-order valence-corrected chi connectivity index (χ3v) is 4.40. The second-order valence-corrected chi connectivity index (χ2v) is 5.66. The van der Waals surface area contributed by atoms with E-state index in [-0.39, 0.29) is 18.1 Å². The minimum atomic E-state index is -0.0433. The molecule has 0 spiro atoms. The van der Waals surface area contributed by atoms with E-state index >= 15 is 0 Å². The first-order valence-corrected chi connectivity index (χ1v) is 7.44. The van der Waals surface area contributed by atoms with Gasteiger partial charge in [0, 0.05) is 45.1 Å². The lowest BCUT2D eigenvalue weighted by Crippen LogP contribution is -2.30. The lowest BCUT2D eigenvalue weighted by molar-refractivity contribution is -0.00461. The molecule has 3 rings (SSSR count). The van der Waals surface area contributed by atoms with Crippen molar-refractivity contribution >= 4 is 11.6 Å². The second kappa shape index (κ2) is 6.03. The topological polar surface area (TPSA) is 50.8 Å². The predicted octanol–water partition coefficient (Wildman–Crippen LogP) is 1.53. The van der Waals surface area contributed by atoms with Crippen LogP contribution in [-0.4, -0.2) is 56.9 Å². The third-order valence-electron chi connectivity index (χ3n) is 4.40. The minimum Gasteiger partial charge on any atom is -0.385 e. The molecule has 0 aromatic heterocycles. The molecule has 2 aliphatic rings. The number of carbonyl (C=O) groups is 1. The van der Waals surface area contributed by atoms with Crippen molar-refractivity contribution in [1.82, 2.24) is 4.90 Å². The fourth-order valence-electron chi connectivity index (χ4n) is 3.15. The Morgan fingerprint density at radius 2 is 1.95 bits per heavy atom. The predicted molar refractivity (Wildman–Crippen MR) is 80.8 cm³/mol. The van der Waals surface area contributed by atoms with Crippen LogP contribution in [0.5, 0.6) is 0 Å². The highest BCUT2D eigenvalue weighted by molar-refractivity contribution is 5.95. The van der Waals surface area contributed by atoms with Crippen LogP contribution >= 0.6 is 0 Å². The molecule has 0 saturated carbocycles. The van der Waals surface area contributed by atoms with Crippen LogP contribution in [-0.2, 0) is 15.9 Å². The quantitative estimate of drug-likeness (QED) is 0.917. The number of nitrogens with zero attached hydrogens (tertiary/aromatic N) is 1. The number of rotatable bonds is 3. The van der Waals surface area contributed by atoms with Gasteiger partial charge in [-0.25, -0.2) is 0 Å². The summed E-state index contributed by atoms with van der Waals surface area (Å²) in [6.45, 7) is 2.18. The molecule has 2 unspecified atom stereocenters. The summed E-state index contributed by atoms with van der Waals surface area (Å²) in [7, 11) is 3.32. The van der Waals surface area contributed by atoms with Crippen molar-refractivity contribution in [2.75, 3.05) is 39.2 Å². The van der Waals surface area contributed by atoms with Crippen molar-refractivity contribution in [1.29, 1.82) is 0 Å². The first-order valence-electron chi connectivity index (χ1n) is 7.44. The average molecular weight is 290 g/mol. The van der Waals surface area contributed by atoms with Gasteiger partial charge in [0.1, 0.15) is 12.2 Å². The molecule has 1 N–H and O–H groups in total. The zero-order valence-corrected chi connectivity index (χ0v) is 12.6. The van der Waals surface area contributed by atoms with E-state index < -0.39 is 0 Å². The van der Waals surface area contributed by atoms with Crippen LogP contribution in [0.3, 0.4) is 0 Å². The van der Waals surface area contributed by atoms with E-state index in [4.69, 9.17) is 9.47 Å². The van der Waals surface area contributed by atoms with Crippen LogP contribution in [0.2, 0.25) is 0 Å². The summed E-state index contributed by atoms with van der Waals surface area (Å²) in [6, 6.07) is 5.94. The van der Waals surface area contributed by atoms with Gasteiger partial charge in [0.15, 0.2) is 0 Å². The number of hydrogen-bond acceptors (Lipinski definition) is 4. The van der Waals surface area contributed by atoms with Crippen LogP contribution < -0.4 is 5.32 Å². The molecular weight excluding hydrogens is 268 g/mol. The molecular formula is C16H22N2O3. The molecule has 114 valence electrons. The van der Waals surface area contributed by atoms with Gasteiger partial charge in [-0.15, -0.1) is 0 Å². The van der Waals surface area contributed by atoms with Crippen LogP contribution in [0.15, 0.2) is 18.2 Å². The number of fused-ring (bicyclic) bond motifs is 1. The maximum Gasteiger partial charge on any atom is 0.254 e. The number of carbonyl (C=O) groups excluding carboxylic acids is 1. The number of ether oxygens (including phenoxy) is 2. The molecule has 2 atom stereocenters. The summed E-state index contributed by atoms with van der Waals surface area (Å²) < 4.78 is 10.8. The Labute approximate surface area is 125 Å². The highest BCUT2D eigenvalue weighted by Crippen LogP contribution is 2.25. The van der Waals surface area contributed by atoms with Crippen molar-refractivity contribution in [3.63, 3.8) is 0 Å². The number of aryl methyl sites for hydroxylation is 1. The number of nitrogens with one attached hydrogen (secondary N) is 1. The van der Waals surface area contributed by atoms with Gasteiger partial charge in [0.25, 0.3) is 5.91 Å². The number of hydrogen-bond donors (Lipinski definition) is 1. The van der Waals surface area contributed by atoms with Crippen molar-refractivity contribution < 1.29 is 14.3 Å². The molecule has 1 saturated heterocycles. The number of methoxy groups -OCH3 is 2. The fourth-order valence-corrected chi connectivity index (χ4v) is 3.15. The lowest BCUT2D eigenvalue weighted by Gasteiger charge is -2.20. The van der Waals surface area contributed by atoms with Crippen LogP contribution in [0.4, 0.5) is 5.69 Å². The minimum absolute atomic E-state index is 0.0433. The van der Waals surface area contributed by atoms with Crippen molar-refractivity contribution in [2.45, 2.75) is 25.0 Å². The summed E-state index contributed by atoms with van der Waals surface area (Å²) in [4.78, 5) is 14.5. The number of likely N-dealkylation sites (tertiary alicyclic amines) is 1. The Hall–Kier alpha value is -1.59. The van der Waals surface area contributed by atoms with Gasteiger partial charge in [-0.1, -0.05) is 0 Å². The van der Waals surface area contributed by atoms with E-state index in [0.29, 0.717) is 13.1 Å². The molecule has 0 aliphatic carbocycles. The standard InChI is InChI=1S/C16H22N2O3/c1-20-14-9-18(10-15(14)21-2)16(19)12-5-6-13-11(8-12)4-3-7-17-13/h5-6,8,14-15,17H,3-4,7,9-10H2,1-2H3. The maximum absolute atomic E-state index is 12.7. The zero-order valence-electron chi connectivity index (χ0n) is 12.6. The second-order valence-electron chi connectivity index (χ2n) is 5.66. The fraction of sp³-hybridized carbons (Fsp3) is 0.562. The van der Waals surface area contributed by atoms with Crippen LogP contribution in [0.25, 0.3) is 0 Å². The van der Waals surface area contributed by atoms with Crippen molar-refractivity contribution in [3.05, 3.63) is 29.3 Å². The molecule has 1 aromatic carbocycles. The highest BCUT2D eigenvalue weighted by atomic mass is 16.5. The van der Waals surface area contributed by atoms with Crippen molar-refractivity contribution in [3.8, 4) is 0 Å². The van der Waals surface area contributed by atoms with Gasteiger partial charge in [0.05, 0.1) is 0 Å². The summed E-state index contributed by atoms with van der Waals surface area (Å²) >= 11 is 0. The molecule has 21 heavy (non-hydrogen) atoms. The van der Waals surface area contributed by atoms with E-state index in [0.717, 1.165) is 30.6 Å². The summed E-state index contributed by atoms with van der Waals surface area (Å²) in [5.41, 5.74) is 3.14. The Bertz CT molecular complexity index is 520. The van der Waals surface area contributed by atoms with E-state index in [1.54, 1.807) is 14.2 Å². The first-order chi connectivity index (χ1) is 10.2. The SMILES string of the molecule is COC1CN(C(=O)c2ccc3c(c2)CCCN3)CC1OC. The van der Waals surface area contributed by atoms with Gasteiger partial charge >= 0.3 is 0 Å². The van der Waals surface area contributed by atoms with Crippen LogP contribution in [0.1, 0.15) is 22.3 Å².